The molecule has 0 spiro atoms. The van der Waals surface area contributed by atoms with Crippen LogP contribution >= 0.6 is 0 Å². The Balaban J connectivity index is 1.85. The Morgan fingerprint density at radius 2 is 2.20 bits per heavy atom. The van der Waals surface area contributed by atoms with Crippen LogP contribution in [0.1, 0.15) is 11.6 Å². The lowest BCUT2D eigenvalue weighted by atomic mass is 10.0. The number of imidazole rings is 1. The number of cyclic esters (lactones) is 1. The third-order valence-corrected chi connectivity index (χ3v) is 3.16. The first kappa shape index (κ1) is 12.6. The molecule has 0 radical (unpaired) electrons. The Bertz CT molecular complexity index is 631. The lowest BCUT2D eigenvalue weighted by molar-refractivity contribution is 0.120. The van der Waals surface area contributed by atoms with Gasteiger partial charge in [-0.2, -0.15) is 0 Å². The van der Waals surface area contributed by atoms with Gasteiger partial charge < -0.3 is 14.6 Å². The Kier molecular flexibility index (Phi) is 3.09. The molecule has 1 amide bonds. The minimum Gasteiger partial charge on any atom is -0.442 e. The van der Waals surface area contributed by atoms with E-state index in [4.69, 9.17) is 4.74 Å². The third-order valence-electron chi connectivity index (χ3n) is 3.16. The van der Waals surface area contributed by atoms with Gasteiger partial charge in [0.2, 0.25) is 0 Å². The van der Waals surface area contributed by atoms with Crippen molar-refractivity contribution in [2.24, 2.45) is 0 Å². The quantitative estimate of drug-likeness (QED) is 0.935. The summed E-state index contributed by atoms with van der Waals surface area (Å²) in [6, 6.07) is 3.00. The molecule has 1 aromatic carbocycles. The second kappa shape index (κ2) is 4.92. The number of nitrogens with zero attached hydrogens (tertiary/aromatic N) is 2. The average Bonchev–Trinajstić information content (AvgIpc) is 3.03. The van der Waals surface area contributed by atoms with Crippen molar-refractivity contribution in [2.45, 2.75) is 18.7 Å². The largest absolute Gasteiger partial charge is 0.442 e. The molecule has 104 valence electrons. The highest BCUT2D eigenvalue weighted by Crippen LogP contribution is 2.27. The van der Waals surface area contributed by atoms with Gasteiger partial charge in [0, 0.05) is 12.4 Å². The van der Waals surface area contributed by atoms with Gasteiger partial charge in [0.25, 0.3) is 0 Å². The van der Waals surface area contributed by atoms with E-state index in [9.17, 15) is 13.6 Å². The second-order valence-corrected chi connectivity index (χ2v) is 4.50. The number of nitrogens with one attached hydrogen (secondary N) is 1. The monoisotopic (exact) mass is 279 g/mol. The van der Waals surface area contributed by atoms with Crippen LogP contribution in [0.3, 0.4) is 0 Å². The molecule has 7 heteroatoms. The Hall–Kier alpha value is -2.44. The molecule has 0 saturated carbocycles. The number of amides is 1. The van der Waals surface area contributed by atoms with Gasteiger partial charge in [-0.25, -0.2) is 18.6 Å². The van der Waals surface area contributed by atoms with E-state index in [1.807, 2.05) is 0 Å². The molecule has 0 bridgehead atoms. The number of halogens is 2. The van der Waals surface area contributed by atoms with E-state index in [0.717, 1.165) is 12.1 Å². The molecule has 2 aromatic rings. The highest BCUT2D eigenvalue weighted by Gasteiger charge is 2.35. The lowest BCUT2D eigenvalue weighted by Crippen LogP contribution is -2.26. The molecule has 2 heterocycles. The van der Waals surface area contributed by atoms with Crippen molar-refractivity contribution in [3.63, 3.8) is 0 Å². The summed E-state index contributed by atoms with van der Waals surface area (Å²) in [4.78, 5) is 15.3. The molecule has 1 saturated heterocycles. The van der Waals surface area contributed by atoms with Crippen LogP contribution < -0.4 is 5.32 Å². The van der Waals surface area contributed by atoms with Crippen LogP contribution in [0.25, 0.3) is 0 Å². The highest BCUT2D eigenvalue weighted by atomic mass is 19.2. The number of ether oxygens (including phenoxy) is 1. The van der Waals surface area contributed by atoms with Gasteiger partial charge in [-0.3, -0.25) is 0 Å². The van der Waals surface area contributed by atoms with Crippen LogP contribution in [0.2, 0.25) is 0 Å². The fraction of sp³-hybridized carbons (Fsp3) is 0.231. The van der Waals surface area contributed by atoms with Crippen molar-refractivity contribution < 1.29 is 18.3 Å². The maximum Gasteiger partial charge on any atom is 0.408 e. The molecule has 2 unspecified atom stereocenters. The number of aromatic nitrogens is 2. The molecule has 1 N–H and O–H groups in total. The van der Waals surface area contributed by atoms with Crippen molar-refractivity contribution in [1.29, 1.82) is 0 Å². The third kappa shape index (κ3) is 2.34. The van der Waals surface area contributed by atoms with Crippen LogP contribution in [-0.4, -0.2) is 21.7 Å². The predicted molar refractivity (Wildman–Crippen MR) is 64.7 cm³/mol. The van der Waals surface area contributed by atoms with Gasteiger partial charge in [-0.05, 0) is 17.7 Å². The topological polar surface area (TPSA) is 56.2 Å². The summed E-state index contributed by atoms with van der Waals surface area (Å²) < 4.78 is 33.2. The molecule has 2 atom stereocenters. The highest BCUT2D eigenvalue weighted by molar-refractivity contribution is 5.70. The first-order chi connectivity index (χ1) is 9.63. The van der Waals surface area contributed by atoms with E-state index in [1.165, 1.54) is 6.07 Å². The van der Waals surface area contributed by atoms with Crippen LogP contribution in [0, 0.1) is 11.6 Å². The zero-order valence-electron chi connectivity index (χ0n) is 10.3. The van der Waals surface area contributed by atoms with Gasteiger partial charge >= 0.3 is 6.09 Å². The molecule has 20 heavy (non-hydrogen) atoms. The molecule has 5 nitrogen and oxygen atoms in total. The Morgan fingerprint density at radius 3 is 2.90 bits per heavy atom. The smallest absolute Gasteiger partial charge is 0.408 e. The van der Waals surface area contributed by atoms with E-state index in [-0.39, 0.29) is 0 Å². The van der Waals surface area contributed by atoms with Crippen molar-refractivity contribution in [3.05, 3.63) is 54.1 Å². The van der Waals surface area contributed by atoms with E-state index in [0.29, 0.717) is 12.1 Å². The molecule has 1 aliphatic heterocycles. The summed E-state index contributed by atoms with van der Waals surface area (Å²) in [6.45, 7) is 0.377. The van der Waals surface area contributed by atoms with E-state index >= 15 is 0 Å². The van der Waals surface area contributed by atoms with Gasteiger partial charge in [-0.1, -0.05) is 6.07 Å². The molecular weight excluding hydrogens is 268 g/mol. The molecule has 1 fully saturated rings. The van der Waals surface area contributed by atoms with Gasteiger partial charge in [-0.15, -0.1) is 0 Å². The van der Waals surface area contributed by atoms with Crippen LogP contribution in [0.5, 0.6) is 0 Å². The summed E-state index contributed by atoms with van der Waals surface area (Å²) in [5.74, 6) is -1.88. The number of carbonyl (C=O) groups is 1. The standard InChI is InChI=1S/C13H11F2N3O2/c14-9-2-1-8(5-10(9)15)12-11(20-13(19)17-12)6-18-4-3-16-7-18/h1-5,7,11-12H,6H2,(H,17,19). The molecule has 1 aromatic heterocycles. The van der Waals surface area contributed by atoms with Crippen molar-refractivity contribution in [2.75, 3.05) is 0 Å². The normalized spacial score (nSPS) is 21.6. The van der Waals surface area contributed by atoms with Gasteiger partial charge in [0.15, 0.2) is 11.6 Å². The van der Waals surface area contributed by atoms with E-state index in [2.05, 4.69) is 10.3 Å². The Morgan fingerprint density at radius 1 is 1.35 bits per heavy atom. The first-order valence-electron chi connectivity index (χ1n) is 6.01. The van der Waals surface area contributed by atoms with Crippen molar-refractivity contribution in [3.8, 4) is 0 Å². The molecule has 0 aliphatic carbocycles. The predicted octanol–water partition coefficient (Wildman–Crippen LogP) is 2.01. The minimum atomic E-state index is -0.954. The molecular formula is C13H11F2N3O2. The summed E-state index contributed by atoms with van der Waals surface area (Å²) in [6.07, 6.45) is 3.84. The fourth-order valence-electron chi connectivity index (χ4n) is 2.21. The van der Waals surface area contributed by atoms with Gasteiger partial charge in [0.05, 0.1) is 18.9 Å². The summed E-state index contributed by atoms with van der Waals surface area (Å²) in [7, 11) is 0. The summed E-state index contributed by atoms with van der Waals surface area (Å²) in [5, 5.41) is 2.60. The van der Waals surface area contributed by atoms with Crippen LogP contribution in [-0.2, 0) is 11.3 Å². The van der Waals surface area contributed by atoms with Crippen molar-refractivity contribution >= 4 is 6.09 Å². The van der Waals surface area contributed by atoms with Gasteiger partial charge in [0.1, 0.15) is 6.10 Å². The lowest BCUT2D eigenvalue weighted by Gasteiger charge is -2.17. The maximum atomic E-state index is 13.3. The minimum absolute atomic E-state index is 0.377. The van der Waals surface area contributed by atoms with Crippen molar-refractivity contribution in [1.82, 2.24) is 14.9 Å². The zero-order chi connectivity index (χ0) is 14.1. The van der Waals surface area contributed by atoms with E-state index in [1.54, 1.807) is 23.3 Å². The number of carbonyl (C=O) groups excluding carboxylic acids is 1. The number of hydrogen-bond donors (Lipinski definition) is 1. The van der Waals surface area contributed by atoms with Crippen LogP contribution in [0.4, 0.5) is 13.6 Å². The number of benzene rings is 1. The zero-order valence-corrected chi connectivity index (χ0v) is 10.3. The number of rotatable bonds is 3. The number of alkyl carbamates (subject to hydrolysis) is 1. The van der Waals surface area contributed by atoms with E-state index < -0.39 is 29.9 Å². The summed E-state index contributed by atoms with van der Waals surface area (Å²) >= 11 is 0. The maximum absolute atomic E-state index is 13.3. The fourth-order valence-corrected chi connectivity index (χ4v) is 2.21. The molecule has 3 rings (SSSR count). The number of hydrogen-bond acceptors (Lipinski definition) is 3. The average molecular weight is 279 g/mol. The SMILES string of the molecule is O=C1NC(c2ccc(F)c(F)c2)C(Cn2ccnc2)O1. The Labute approximate surface area is 113 Å². The van der Waals surface area contributed by atoms with Crippen LogP contribution in [0.15, 0.2) is 36.9 Å². The first-order valence-corrected chi connectivity index (χ1v) is 6.01. The molecule has 1 aliphatic rings. The second-order valence-electron chi connectivity index (χ2n) is 4.50. The summed E-state index contributed by atoms with van der Waals surface area (Å²) in [5.41, 5.74) is 0.458.